The van der Waals surface area contributed by atoms with E-state index in [0.29, 0.717) is 41.2 Å². The maximum absolute atomic E-state index is 12.4. The van der Waals surface area contributed by atoms with Gasteiger partial charge in [0.1, 0.15) is 5.75 Å². The molecule has 7 nitrogen and oxygen atoms in total. The van der Waals surface area contributed by atoms with Gasteiger partial charge in [0.25, 0.3) is 11.8 Å². The Morgan fingerprint density at radius 3 is 2.45 bits per heavy atom. The Balaban J connectivity index is 1.69. The molecule has 148 valence electrons. The van der Waals surface area contributed by atoms with Crippen LogP contribution >= 0.6 is 0 Å². The van der Waals surface area contributed by atoms with Crippen molar-refractivity contribution < 1.29 is 23.8 Å². The van der Waals surface area contributed by atoms with Crippen molar-refractivity contribution in [3.05, 3.63) is 70.8 Å². The van der Waals surface area contributed by atoms with E-state index >= 15 is 0 Å². The molecule has 0 saturated carbocycles. The Morgan fingerprint density at radius 2 is 1.79 bits per heavy atom. The summed E-state index contributed by atoms with van der Waals surface area (Å²) in [5.41, 5.74) is 1.94. The number of hydrogen-bond donors (Lipinski definition) is 0. The highest BCUT2D eigenvalue weighted by molar-refractivity contribution is 6.21. The van der Waals surface area contributed by atoms with Crippen LogP contribution in [-0.4, -0.2) is 50.4 Å². The van der Waals surface area contributed by atoms with Crippen LogP contribution in [0.25, 0.3) is 6.08 Å². The van der Waals surface area contributed by atoms with Gasteiger partial charge >= 0.3 is 0 Å². The Morgan fingerprint density at radius 1 is 1.07 bits per heavy atom. The fourth-order valence-electron chi connectivity index (χ4n) is 2.88. The number of amides is 2. The van der Waals surface area contributed by atoms with Crippen molar-refractivity contribution in [3.8, 4) is 11.8 Å². The molecular formula is C22H20N2O5. The van der Waals surface area contributed by atoms with E-state index in [9.17, 15) is 9.59 Å². The maximum Gasteiger partial charge on any atom is 0.261 e. The average Bonchev–Trinajstić information content (AvgIpc) is 2.99. The van der Waals surface area contributed by atoms with E-state index in [2.05, 4.69) is 6.07 Å². The van der Waals surface area contributed by atoms with E-state index in [-0.39, 0.29) is 25.2 Å². The smallest absolute Gasteiger partial charge is 0.261 e. The molecule has 0 aliphatic carbocycles. The van der Waals surface area contributed by atoms with Gasteiger partial charge in [-0.25, -0.2) is 0 Å². The van der Waals surface area contributed by atoms with E-state index in [0.717, 1.165) is 0 Å². The van der Waals surface area contributed by atoms with Gasteiger partial charge in [-0.3, -0.25) is 14.5 Å². The Labute approximate surface area is 168 Å². The summed E-state index contributed by atoms with van der Waals surface area (Å²) in [6.45, 7) is 1.02. The molecule has 7 heteroatoms. The Bertz CT molecular complexity index is 942. The SMILES string of the molecule is COCCOCOc1ccc(C#N)cc1C=CCN1C(=O)c2ccccc2C1=O. The van der Waals surface area contributed by atoms with E-state index in [1.165, 1.54) is 4.90 Å². The molecule has 0 unspecified atom stereocenters. The zero-order valence-electron chi connectivity index (χ0n) is 16.0. The molecule has 0 atom stereocenters. The molecule has 0 saturated heterocycles. The minimum atomic E-state index is -0.316. The van der Waals surface area contributed by atoms with Gasteiger partial charge in [-0.05, 0) is 30.3 Å². The highest BCUT2D eigenvalue weighted by atomic mass is 16.7. The summed E-state index contributed by atoms with van der Waals surface area (Å²) >= 11 is 0. The number of nitrogens with zero attached hydrogens (tertiary/aromatic N) is 2. The molecule has 1 aliphatic heterocycles. The monoisotopic (exact) mass is 392 g/mol. The Kier molecular flexibility index (Phi) is 6.74. The minimum Gasteiger partial charge on any atom is -0.467 e. The van der Waals surface area contributed by atoms with Crippen LogP contribution < -0.4 is 4.74 Å². The number of methoxy groups -OCH3 is 1. The first kappa shape index (κ1) is 20.3. The van der Waals surface area contributed by atoms with Crippen LogP contribution in [0, 0.1) is 11.3 Å². The molecule has 1 heterocycles. The molecule has 0 spiro atoms. The van der Waals surface area contributed by atoms with E-state index in [1.807, 2.05) is 0 Å². The van der Waals surface area contributed by atoms with Crippen molar-refractivity contribution in [3.63, 3.8) is 0 Å². The summed E-state index contributed by atoms with van der Waals surface area (Å²) < 4.78 is 15.8. The normalized spacial score (nSPS) is 13.0. The first-order chi connectivity index (χ1) is 14.2. The second-order valence-corrected chi connectivity index (χ2v) is 6.20. The fourth-order valence-corrected chi connectivity index (χ4v) is 2.88. The number of imide groups is 1. The topological polar surface area (TPSA) is 88.9 Å². The first-order valence-electron chi connectivity index (χ1n) is 9.01. The molecule has 3 rings (SSSR count). The molecule has 0 aromatic heterocycles. The van der Waals surface area contributed by atoms with Crippen molar-refractivity contribution in [2.24, 2.45) is 0 Å². The van der Waals surface area contributed by atoms with Gasteiger partial charge in [0.15, 0.2) is 6.79 Å². The van der Waals surface area contributed by atoms with Gasteiger partial charge in [0, 0.05) is 19.2 Å². The molecule has 2 amide bonds. The number of ether oxygens (including phenoxy) is 3. The largest absolute Gasteiger partial charge is 0.467 e. The third-order valence-electron chi connectivity index (χ3n) is 4.33. The van der Waals surface area contributed by atoms with Gasteiger partial charge in [-0.1, -0.05) is 24.3 Å². The summed E-state index contributed by atoms with van der Waals surface area (Å²) in [6, 6.07) is 13.8. The number of fused-ring (bicyclic) bond motifs is 1. The predicted octanol–water partition coefficient (Wildman–Crippen LogP) is 2.87. The third-order valence-corrected chi connectivity index (χ3v) is 4.33. The quantitative estimate of drug-likeness (QED) is 0.370. The van der Waals surface area contributed by atoms with Crippen LogP contribution in [0.3, 0.4) is 0 Å². The van der Waals surface area contributed by atoms with E-state index in [1.54, 1.807) is 61.7 Å². The summed E-state index contributed by atoms with van der Waals surface area (Å²) in [7, 11) is 1.59. The van der Waals surface area contributed by atoms with Crippen molar-refractivity contribution >= 4 is 17.9 Å². The minimum absolute atomic E-state index is 0.0362. The number of carbonyl (C=O) groups is 2. The lowest BCUT2D eigenvalue weighted by atomic mass is 10.1. The number of nitriles is 1. The van der Waals surface area contributed by atoms with Crippen molar-refractivity contribution in [2.75, 3.05) is 33.7 Å². The van der Waals surface area contributed by atoms with Crippen LogP contribution in [0.5, 0.6) is 5.75 Å². The predicted molar refractivity (Wildman–Crippen MR) is 105 cm³/mol. The van der Waals surface area contributed by atoms with Gasteiger partial charge in [0.05, 0.1) is 36.0 Å². The fraction of sp³-hybridized carbons (Fsp3) is 0.227. The summed E-state index contributed by atoms with van der Waals surface area (Å²) in [6.07, 6.45) is 3.41. The number of hydrogen-bond acceptors (Lipinski definition) is 6. The summed E-state index contributed by atoms with van der Waals surface area (Å²) in [5.74, 6) is -0.104. The lowest BCUT2D eigenvalue weighted by Gasteiger charge is -2.12. The molecule has 0 fully saturated rings. The van der Waals surface area contributed by atoms with Crippen molar-refractivity contribution in [1.82, 2.24) is 4.90 Å². The third kappa shape index (κ3) is 4.69. The Hall–Kier alpha value is -3.47. The second kappa shape index (κ2) is 9.64. The number of benzene rings is 2. The second-order valence-electron chi connectivity index (χ2n) is 6.20. The van der Waals surface area contributed by atoms with Gasteiger partial charge in [-0.15, -0.1) is 0 Å². The average molecular weight is 392 g/mol. The van der Waals surface area contributed by atoms with Crippen LogP contribution in [0.1, 0.15) is 31.8 Å². The first-order valence-corrected chi connectivity index (χ1v) is 9.01. The highest BCUT2D eigenvalue weighted by Gasteiger charge is 2.34. The summed E-state index contributed by atoms with van der Waals surface area (Å²) in [4.78, 5) is 26.0. The van der Waals surface area contributed by atoms with E-state index in [4.69, 9.17) is 19.5 Å². The summed E-state index contributed by atoms with van der Waals surface area (Å²) in [5, 5.41) is 9.14. The molecule has 0 N–H and O–H groups in total. The van der Waals surface area contributed by atoms with Gasteiger partial charge < -0.3 is 14.2 Å². The van der Waals surface area contributed by atoms with Crippen molar-refractivity contribution in [2.45, 2.75) is 0 Å². The molecule has 2 aromatic carbocycles. The molecule has 2 aromatic rings. The molecule has 0 bridgehead atoms. The van der Waals surface area contributed by atoms with Crippen molar-refractivity contribution in [1.29, 1.82) is 5.26 Å². The van der Waals surface area contributed by atoms with E-state index < -0.39 is 0 Å². The number of rotatable bonds is 9. The van der Waals surface area contributed by atoms with Gasteiger partial charge in [0.2, 0.25) is 0 Å². The van der Waals surface area contributed by atoms with Crippen LogP contribution in [0.4, 0.5) is 0 Å². The molecule has 29 heavy (non-hydrogen) atoms. The van der Waals surface area contributed by atoms with Gasteiger partial charge in [-0.2, -0.15) is 5.26 Å². The molecule has 1 aliphatic rings. The van der Waals surface area contributed by atoms with Crippen LogP contribution in [0.2, 0.25) is 0 Å². The lowest BCUT2D eigenvalue weighted by Crippen LogP contribution is -2.29. The van der Waals surface area contributed by atoms with Crippen LogP contribution in [-0.2, 0) is 9.47 Å². The lowest BCUT2D eigenvalue weighted by molar-refractivity contribution is -0.00856. The number of carbonyl (C=O) groups excluding carboxylic acids is 2. The zero-order valence-corrected chi connectivity index (χ0v) is 16.0. The maximum atomic E-state index is 12.4. The highest BCUT2D eigenvalue weighted by Crippen LogP contribution is 2.24. The standard InChI is InChI=1S/C22H20N2O5/c1-27-11-12-28-15-29-20-9-8-16(14-23)13-17(20)5-4-10-24-21(25)18-6-2-3-7-19(18)22(24)26/h2-9,13H,10-12,15H2,1H3. The molecule has 0 radical (unpaired) electrons. The zero-order chi connectivity index (χ0) is 20.6. The van der Waals surface area contributed by atoms with Crippen LogP contribution in [0.15, 0.2) is 48.5 Å². The molecular weight excluding hydrogens is 372 g/mol.